The number of hydrogen-bond acceptors (Lipinski definition) is 4. The Hall–Kier alpha value is -3.19. The maximum Gasteiger partial charge on any atom is 0.274 e. The Balaban J connectivity index is 1.65. The summed E-state index contributed by atoms with van der Waals surface area (Å²) >= 11 is 1.34. The minimum Gasteiger partial charge on any atom is -0.494 e. The number of nitrogens with zero attached hydrogens (tertiary/aromatic N) is 2. The molecule has 0 unspecified atom stereocenters. The van der Waals surface area contributed by atoms with Gasteiger partial charge in [-0.1, -0.05) is 0 Å². The fraction of sp³-hybridized carbons (Fsp3) is 0.217. The van der Waals surface area contributed by atoms with Gasteiger partial charge in [-0.15, -0.1) is 11.3 Å². The van der Waals surface area contributed by atoms with Crippen molar-refractivity contribution in [3.63, 3.8) is 0 Å². The zero-order valence-corrected chi connectivity index (χ0v) is 17.8. The fourth-order valence-electron chi connectivity index (χ4n) is 3.62. The van der Waals surface area contributed by atoms with E-state index < -0.39 is 0 Å². The van der Waals surface area contributed by atoms with Gasteiger partial charge in [0.1, 0.15) is 17.3 Å². The van der Waals surface area contributed by atoms with Gasteiger partial charge in [-0.2, -0.15) is 0 Å². The third kappa shape index (κ3) is 3.68. The average Bonchev–Trinajstić information content (AvgIpc) is 3.31. The number of halogens is 1. The van der Waals surface area contributed by atoms with E-state index in [1.807, 2.05) is 48.9 Å². The zero-order chi connectivity index (χ0) is 21.3. The molecular formula is C23H22FN3O2S. The van der Waals surface area contributed by atoms with Crippen LogP contribution in [0.2, 0.25) is 0 Å². The highest BCUT2D eigenvalue weighted by molar-refractivity contribution is 7.14. The molecule has 1 amide bonds. The Morgan fingerprint density at radius 2 is 1.97 bits per heavy atom. The molecule has 0 atom stereocenters. The van der Waals surface area contributed by atoms with Gasteiger partial charge in [-0.05, 0) is 68.8 Å². The van der Waals surface area contributed by atoms with Crippen molar-refractivity contribution in [3.05, 3.63) is 64.9 Å². The molecule has 1 N–H and O–H groups in total. The van der Waals surface area contributed by atoms with E-state index in [4.69, 9.17) is 4.74 Å². The quantitative estimate of drug-likeness (QED) is 0.421. The van der Waals surface area contributed by atoms with Gasteiger partial charge in [0, 0.05) is 28.4 Å². The number of nitrogens with one attached hydrogen (secondary N) is 1. The number of thiazole rings is 1. The smallest absolute Gasteiger partial charge is 0.274 e. The summed E-state index contributed by atoms with van der Waals surface area (Å²) in [7, 11) is 0. The van der Waals surface area contributed by atoms with E-state index in [9.17, 15) is 9.18 Å². The van der Waals surface area contributed by atoms with E-state index in [1.165, 1.54) is 23.5 Å². The SMILES string of the molecule is CCOc1ccc2c(c1)c(C)c(C(=O)Nc1nc(-c3ccc(F)cc3)cs1)n2CC. The number of ether oxygens (including phenoxy) is 1. The van der Waals surface area contributed by atoms with Crippen LogP contribution in [0.4, 0.5) is 9.52 Å². The lowest BCUT2D eigenvalue weighted by molar-refractivity contribution is 0.101. The highest BCUT2D eigenvalue weighted by atomic mass is 32.1. The molecule has 0 saturated carbocycles. The van der Waals surface area contributed by atoms with E-state index in [0.717, 1.165) is 27.8 Å². The van der Waals surface area contributed by atoms with Crippen LogP contribution < -0.4 is 10.1 Å². The molecule has 4 rings (SSSR count). The first-order valence-corrected chi connectivity index (χ1v) is 10.7. The molecule has 4 aromatic rings. The summed E-state index contributed by atoms with van der Waals surface area (Å²) in [6.07, 6.45) is 0. The van der Waals surface area contributed by atoms with Crippen LogP contribution in [0.25, 0.3) is 22.2 Å². The number of fused-ring (bicyclic) bond motifs is 1. The Morgan fingerprint density at radius 3 is 2.67 bits per heavy atom. The number of hydrogen-bond donors (Lipinski definition) is 1. The van der Waals surface area contributed by atoms with Crippen LogP contribution >= 0.6 is 11.3 Å². The molecule has 7 heteroatoms. The molecule has 2 aromatic carbocycles. The predicted octanol–water partition coefficient (Wildman–Crippen LogP) is 5.88. The predicted molar refractivity (Wildman–Crippen MR) is 119 cm³/mol. The zero-order valence-electron chi connectivity index (χ0n) is 17.0. The molecule has 0 spiro atoms. The maximum atomic E-state index is 13.1. The monoisotopic (exact) mass is 423 g/mol. The summed E-state index contributed by atoms with van der Waals surface area (Å²) in [5, 5.41) is 6.27. The number of anilines is 1. The van der Waals surface area contributed by atoms with Crippen LogP contribution in [0.15, 0.2) is 47.8 Å². The third-order valence-electron chi connectivity index (χ3n) is 4.99. The van der Waals surface area contributed by atoms with E-state index in [-0.39, 0.29) is 11.7 Å². The van der Waals surface area contributed by atoms with Crippen molar-refractivity contribution in [2.24, 2.45) is 0 Å². The van der Waals surface area contributed by atoms with Gasteiger partial charge in [0.2, 0.25) is 0 Å². The molecule has 0 aliphatic carbocycles. The highest BCUT2D eigenvalue weighted by Gasteiger charge is 2.21. The number of carbonyl (C=O) groups is 1. The minimum atomic E-state index is -0.294. The van der Waals surface area contributed by atoms with Crippen LogP contribution in [0.3, 0.4) is 0 Å². The van der Waals surface area contributed by atoms with E-state index >= 15 is 0 Å². The van der Waals surface area contributed by atoms with E-state index in [2.05, 4.69) is 10.3 Å². The molecule has 0 fully saturated rings. The van der Waals surface area contributed by atoms with Gasteiger partial charge >= 0.3 is 0 Å². The van der Waals surface area contributed by atoms with Crippen LogP contribution in [0, 0.1) is 12.7 Å². The Bertz CT molecular complexity index is 1210. The van der Waals surface area contributed by atoms with Crippen molar-refractivity contribution in [1.29, 1.82) is 0 Å². The first kappa shape index (κ1) is 20.1. The van der Waals surface area contributed by atoms with Gasteiger partial charge < -0.3 is 9.30 Å². The van der Waals surface area contributed by atoms with Crippen molar-refractivity contribution in [3.8, 4) is 17.0 Å². The summed E-state index contributed by atoms with van der Waals surface area (Å²) < 4.78 is 20.8. The lowest BCUT2D eigenvalue weighted by Crippen LogP contribution is -2.17. The van der Waals surface area contributed by atoms with Crippen LogP contribution in [0.1, 0.15) is 29.9 Å². The number of carbonyl (C=O) groups excluding carboxylic acids is 1. The number of amides is 1. The van der Waals surface area contributed by atoms with Crippen LogP contribution in [-0.4, -0.2) is 22.1 Å². The fourth-order valence-corrected chi connectivity index (χ4v) is 4.33. The first-order chi connectivity index (χ1) is 14.5. The maximum absolute atomic E-state index is 13.1. The molecule has 0 bridgehead atoms. The van der Waals surface area contributed by atoms with Crippen molar-refractivity contribution in [2.45, 2.75) is 27.3 Å². The normalized spacial score (nSPS) is 11.1. The van der Waals surface area contributed by atoms with Gasteiger partial charge in [0.25, 0.3) is 5.91 Å². The Morgan fingerprint density at radius 1 is 1.20 bits per heavy atom. The minimum absolute atomic E-state index is 0.205. The standard InChI is InChI=1S/C23H22FN3O2S/c1-4-27-20-11-10-17(29-5-2)12-18(20)14(3)21(27)22(28)26-23-25-19(13-30-23)15-6-8-16(24)9-7-15/h6-13H,4-5H2,1-3H3,(H,25,26,28). The van der Waals surface area contributed by atoms with Crippen LogP contribution in [-0.2, 0) is 6.54 Å². The lowest BCUT2D eigenvalue weighted by Gasteiger charge is -2.08. The number of benzene rings is 2. The van der Waals surface area contributed by atoms with Gasteiger partial charge in [0.05, 0.1) is 12.3 Å². The molecular weight excluding hydrogens is 401 g/mol. The van der Waals surface area contributed by atoms with Crippen molar-refractivity contribution >= 4 is 33.3 Å². The molecule has 2 aromatic heterocycles. The largest absolute Gasteiger partial charge is 0.494 e. The van der Waals surface area contributed by atoms with Gasteiger partial charge in [0.15, 0.2) is 5.13 Å². The van der Waals surface area contributed by atoms with Gasteiger partial charge in [-0.3, -0.25) is 10.1 Å². The summed E-state index contributed by atoms with van der Waals surface area (Å²) in [4.78, 5) is 17.6. The molecule has 0 aliphatic rings. The molecule has 30 heavy (non-hydrogen) atoms. The number of aromatic nitrogens is 2. The molecule has 5 nitrogen and oxygen atoms in total. The van der Waals surface area contributed by atoms with E-state index in [1.54, 1.807) is 12.1 Å². The summed E-state index contributed by atoms with van der Waals surface area (Å²) in [6, 6.07) is 12.0. The lowest BCUT2D eigenvalue weighted by atomic mass is 10.1. The summed E-state index contributed by atoms with van der Waals surface area (Å²) in [5.74, 6) is 0.290. The second kappa shape index (κ2) is 8.28. The summed E-state index contributed by atoms with van der Waals surface area (Å²) in [6.45, 7) is 7.17. The third-order valence-corrected chi connectivity index (χ3v) is 5.75. The molecule has 0 aliphatic heterocycles. The average molecular weight is 424 g/mol. The second-order valence-corrected chi connectivity index (χ2v) is 7.69. The molecule has 0 radical (unpaired) electrons. The van der Waals surface area contributed by atoms with Crippen molar-refractivity contribution in [2.75, 3.05) is 11.9 Å². The first-order valence-electron chi connectivity index (χ1n) is 9.80. The second-order valence-electron chi connectivity index (χ2n) is 6.83. The van der Waals surface area contributed by atoms with E-state index in [0.29, 0.717) is 29.7 Å². The molecule has 154 valence electrons. The van der Waals surface area contributed by atoms with Crippen molar-refractivity contribution < 1.29 is 13.9 Å². The molecule has 2 heterocycles. The topological polar surface area (TPSA) is 56.1 Å². The summed E-state index contributed by atoms with van der Waals surface area (Å²) in [5.41, 5.74) is 4.01. The Kier molecular flexibility index (Phi) is 5.55. The van der Waals surface area contributed by atoms with Crippen LogP contribution in [0.5, 0.6) is 5.75 Å². The number of aryl methyl sites for hydroxylation is 2. The number of rotatable bonds is 6. The van der Waals surface area contributed by atoms with Gasteiger partial charge in [-0.25, -0.2) is 9.37 Å². The van der Waals surface area contributed by atoms with Crippen molar-refractivity contribution in [1.82, 2.24) is 9.55 Å². The highest BCUT2D eigenvalue weighted by Crippen LogP contribution is 2.31. The molecule has 0 saturated heterocycles. The Labute approximate surface area is 178 Å².